The minimum absolute atomic E-state index is 0.386. The van der Waals surface area contributed by atoms with Crippen LogP contribution >= 0.6 is 11.5 Å². The van der Waals surface area contributed by atoms with Gasteiger partial charge in [0, 0.05) is 12.1 Å². The summed E-state index contributed by atoms with van der Waals surface area (Å²) in [6.45, 7) is 4.68. The van der Waals surface area contributed by atoms with Crippen molar-refractivity contribution in [3.8, 4) is 0 Å². The SMILES string of the molecule is CC1(C)CCCCC1Nc1cc(N)ns1. The van der Waals surface area contributed by atoms with Crippen LogP contribution in [0.5, 0.6) is 0 Å². The van der Waals surface area contributed by atoms with Gasteiger partial charge >= 0.3 is 0 Å². The van der Waals surface area contributed by atoms with Gasteiger partial charge in [0.05, 0.1) is 0 Å². The van der Waals surface area contributed by atoms with Crippen molar-refractivity contribution in [2.75, 3.05) is 11.1 Å². The molecule has 1 aliphatic carbocycles. The molecule has 1 aliphatic rings. The van der Waals surface area contributed by atoms with Gasteiger partial charge in [-0.05, 0) is 29.8 Å². The predicted molar refractivity (Wildman–Crippen MR) is 66.2 cm³/mol. The highest BCUT2D eigenvalue weighted by Crippen LogP contribution is 2.37. The van der Waals surface area contributed by atoms with Crippen LogP contribution in [0.3, 0.4) is 0 Å². The molecule has 15 heavy (non-hydrogen) atoms. The highest BCUT2D eigenvalue weighted by atomic mass is 32.1. The molecule has 1 aromatic heterocycles. The Hall–Kier alpha value is -0.770. The van der Waals surface area contributed by atoms with Gasteiger partial charge in [0.2, 0.25) is 0 Å². The van der Waals surface area contributed by atoms with Gasteiger partial charge in [-0.25, -0.2) is 0 Å². The second-order valence-corrected chi connectivity index (χ2v) is 5.85. The lowest BCUT2D eigenvalue weighted by atomic mass is 9.73. The molecule has 3 nitrogen and oxygen atoms in total. The van der Waals surface area contributed by atoms with Gasteiger partial charge in [-0.3, -0.25) is 0 Å². The second-order valence-electron chi connectivity index (χ2n) is 5.05. The van der Waals surface area contributed by atoms with E-state index < -0.39 is 0 Å². The average molecular weight is 225 g/mol. The van der Waals surface area contributed by atoms with Crippen LogP contribution in [0.25, 0.3) is 0 Å². The van der Waals surface area contributed by atoms with Gasteiger partial charge in [-0.1, -0.05) is 26.7 Å². The molecule has 3 N–H and O–H groups in total. The van der Waals surface area contributed by atoms with Crippen LogP contribution in [0.2, 0.25) is 0 Å². The van der Waals surface area contributed by atoms with Crippen molar-refractivity contribution in [1.29, 1.82) is 0 Å². The summed E-state index contributed by atoms with van der Waals surface area (Å²) < 4.78 is 4.09. The highest BCUT2D eigenvalue weighted by Gasteiger charge is 2.32. The smallest absolute Gasteiger partial charge is 0.139 e. The van der Waals surface area contributed by atoms with E-state index >= 15 is 0 Å². The molecule has 0 aromatic carbocycles. The number of nitrogens with two attached hydrogens (primary N) is 1. The van der Waals surface area contributed by atoms with E-state index in [1.807, 2.05) is 6.07 Å². The summed E-state index contributed by atoms with van der Waals surface area (Å²) in [5.41, 5.74) is 6.00. The molecule has 0 radical (unpaired) electrons. The van der Waals surface area contributed by atoms with E-state index in [-0.39, 0.29) is 0 Å². The number of rotatable bonds is 2. The summed E-state index contributed by atoms with van der Waals surface area (Å²) >= 11 is 1.46. The van der Waals surface area contributed by atoms with Crippen LogP contribution < -0.4 is 11.1 Å². The molecule has 1 atom stereocenters. The molecule has 1 unspecified atom stereocenters. The third-order valence-electron chi connectivity index (χ3n) is 3.35. The van der Waals surface area contributed by atoms with Crippen LogP contribution in [-0.2, 0) is 0 Å². The summed E-state index contributed by atoms with van der Waals surface area (Å²) in [5, 5.41) is 4.67. The number of nitrogen functional groups attached to an aromatic ring is 1. The number of anilines is 2. The van der Waals surface area contributed by atoms with E-state index in [2.05, 4.69) is 23.5 Å². The van der Waals surface area contributed by atoms with E-state index in [0.717, 1.165) is 5.00 Å². The molecule has 0 saturated heterocycles. The minimum atomic E-state index is 0.386. The van der Waals surface area contributed by atoms with E-state index in [0.29, 0.717) is 17.3 Å². The Morgan fingerprint density at radius 1 is 1.53 bits per heavy atom. The third kappa shape index (κ3) is 2.43. The average Bonchev–Trinajstić information content (AvgIpc) is 2.55. The maximum absolute atomic E-state index is 5.61. The Bertz CT molecular complexity index is 332. The normalized spacial score (nSPS) is 25.1. The number of nitrogens with one attached hydrogen (secondary N) is 1. The lowest BCUT2D eigenvalue weighted by molar-refractivity contribution is 0.217. The zero-order valence-corrected chi connectivity index (χ0v) is 10.2. The molecule has 0 bridgehead atoms. The molecule has 84 valence electrons. The van der Waals surface area contributed by atoms with E-state index in [4.69, 9.17) is 5.73 Å². The van der Waals surface area contributed by atoms with Gasteiger partial charge in [0.1, 0.15) is 10.8 Å². The topological polar surface area (TPSA) is 50.9 Å². The monoisotopic (exact) mass is 225 g/mol. The maximum atomic E-state index is 5.61. The Morgan fingerprint density at radius 2 is 2.33 bits per heavy atom. The fourth-order valence-electron chi connectivity index (χ4n) is 2.29. The first kappa shape index (κ1) is 10.7. The second kappa shape index (κ2) is 4.00. The quantitative estimate of drug-likeness (QED) is 0.813. The van der Waals surface area contributed by atoms with Crippen LogP contribution in [0.1, 0.15) is 39.5 Å². The summed E-state index contributed by atoms with van der Waals surface area (Å²) in [7, 11) is 0. The Balaban J connectivity index is 2.04. The molecule has 1 heterocycles. The predicted octanol–water partition coefficient (Wildman–Crippen LogP) is 3.11. The number of hydrogen-bond acceptors (Lipinski definition) is 4. The maximum Gasteiger partial charge on any atom is 0.139 e. The van der Waals surface area contributed by atoms with Crippen LogP contribution in [0.15, 0.2) is 6.07 Å². The first-order chi connectivity index (χ1) is 7.08. The van der Waals surface area contributed by atoms with Crippen LogP contribution in [0.4, 0.5) is 10.8 Å². The van der Waals surface area contributed by atoms with Gasteiger partial charge in [-0.15, -0.1) is 0 Å². The lowest BCUT2D eigenvalue weighted by Crippen LogP contribution is -2.38. The Morgan fingerprint density at radius 3 is 2.93 bits per heavy atom. The summed E-state index contributed by atoms with van der Waals surface area (Å²) in [5.74, 6) is 0.621. The third-order valence-corrected chi connectivity index (χ3v) is 4.09. The van der Waals surface area contributed by atoms with Crippen molar-refractivity contribution in [2.45, 2.75) is 45.6 Å². The molecule has 0 spiro atoms. The Kier molecular flexibility index (Phi) is 2.87. The van der Waals surface area contributed by atoms with E-state index in [1.165, 1.54) is 37.2 Å². The first-order valence-electron chi connectivity index (χ1n) is 5.57. The van der Waals surface area contributed by atoms with Crippen molar-refractivity contribution in [2.24, 2.45) is 5.41 Å². The molecular formula is C11H19N3S. The van der Waals surface area contributed by atoms with E-state index in [1.54, 1.807) is 0 Å². The fraction of sp³-hybridized carbons (Fsp3) is 0.727. The first-order valence-corrected chi connectivity index (χ1v) is 6.34. The molecule has 0 amide bonds. The van der Waals surface area contributed by atoms with Crippen molar-refractivity contribution in [3.05, 3.63) is 6.07 Å². The van der Waals surface area contributed by atoms with Gasteiger partial charge < -0.3 is 11.1 Å². The minimum Gasteiger partial charge on any atom is -0.383 e. The highest BCUT2D eigenvalue weighted by molar-refractivity contribution is 7.10. The van der Waals surface area contributed by atoms with Gasteiger partial charge in [-0.2, -0.15) is 4.37 Å². The summed E-state index contributed by atoms with van der Waals surface area (Å²) in [6, 6.07) is 2.49. The molecule has 1 saturated carbocycles. The molecule has 1 aromatic rings. The lowest BCUT2D eigenvalue weighted by Gasteiger charge is -2.39. The number of nitrogens with zero attached hydrogens (tertiary/aromatic N) is 1. The van der Waals surface area contributed by atoms with Crippen LogP contribution in [0, 0.1) is 5.41 Å². The number of aromatic nitrogens is 1. The molecule has 1 fully saturated rings. The molecular weight excluding hydrogens is 206 g/mol. The summed E-state index contributed by atoms with van der Waals surface area (Å²) in [6.07, 6.45) is 5.25. The van der Waals surface area contributed by atoms with Crippen molar-refractivity contribution in [3.63, 3.8) is 0 Å². The van der Waals surface area contributed by atoms with E-state index in [9.17, 15) is 0 Å². The van der Waals surface area contributed by atoms with Gasteiger partial charge in [0.15, 0.2) is 0 Å². The van der Waals surface area contributed by atoms with Gasteiger partial charge in [0.25, 0.3) is 0 Å². The van der Waals surface area contributed by atoms with Crippen molar-refractivity contribution < 1.29 is 0 Å². The molecule has 0 aliphatic heterocycles. The zero-order chi connectivity index (χ0) is 10.9. The summed E-state index contributed by atoms with van der Waals surface area (Å²) in [4.78, 5) is 0. The molecule has 2 rings (SSSR count). The fourth-order valence-corrected chi connectivity index (χ4v) is 2.92. The largest absolute Gasteiger partial charge is 0.383 e. The van der Waals surface area contributed by atoms with Crippen molar-refractivity contribution >= 4 is 22.4 Å². The Labute approximate surface area is 95.2 Å². The zero-order valence-electron chi connectivity index (χ0n) is 9.42. The number of hydrogen-bond donors (Lipinski definition) is 2. The van der Waals surface area contributed by atoms with Crippen molar-refractivity contribution in [1.82, 2.24) is 4.37 Å². The standard InChI is InChI=1S/C11H19N3S/c1-11(2)6-4-3-5-8(11)13-10-7-9(12)14-15-10/h7-8,13H,3-6H2,1-2H3,(H2,12,14). The molecule has 4 heteroatoms. The van der Waals surface area contributed by atoms with Crippen LogP contribution in [-0.4, -0.2) is 10.4 Å².